The van der Waals surface area contributed by atoms with Crippen LogP contribution in [0.1, 0.15) is 6.42 Å². The molecule has 10 heavy (non-hydrogen) atoms. The van der Waals surface area contributed by atoms with Gasteiger partial charge in [0.1, 0.15) is 5.54 Å². The normalized spacial score (nSPS) is 38.7. The van der Waals surface area contributed by atoms with Crippen molar-refractivity contribution in [3.63, 3.8) is 0 Å². The van der Waals surface area contributed by atoms with Crippen LogP contribution in [0.5, 0.6) is 0 Å². The molecule has 0 bridgehead atoms. The van der Waals surface area contributed by atoms with E-state index >= 15 is 0 Å². The zero-order valence-electron chi connectivity index (χ0n) is 5.53. The molecule has 1 aliphatic carbocycles. The predicted octanol–water partition coefficient (Wildman–Crippen LogP) is -0.976. The zero-order chi connectivity index (χ0) is 7.99. The topological polar surface area (TPSA) is 83.9 Å². The van der Waals surface area contributed by atoms with E-state index in [1.165, 1.54) is 0 Å². The molecule has 56 valence electrons. The summed E-state index contributed by atoms with van der Waals surface area (Å²) in [6.07, 6.45) is 1.38. The third-order valence-corrected chi connectivity index (χ3v) is 3.28. The second-order valence-corrected chi connectivity index (χ2v) is 4.90. The Bertz CT molecular complexity index is 289. The first kappa shape index (κ1) is 7.51. The van der Waals surface area contributed by atoms with Gasteiger partial charge in [0.05, 0.1) is 11.3 Å². The van der Waals surface area contributed by atoms with Crippen LogP contribution in [-0.2, 0) is 9.84 Å². The second-order valence-electron chi connectivity index (χ2n) is 2.67. The van der Waals surface area contributed by atoms with Crippen LogP contribution in [0, 0.1) is 11.3 Å². The quantitative estimate of drug-likeness (QED) is 0.534. The molecule has 0 spiro atoms. The Morgan fingerprint density at radius 1 is 1.80 bits per heavy atom. The van der Waals surface area contributed by atoms with E-state index < -0.39 is 20.6 Å². The maximum absolute atomic E-state index is 10.7. The fourth-order valence-electron chi connectivity index (χ4n) is 0.899. The highest BCUT2D eigenvalue weighted by Crippen LogP contribution is 2.38. The van der Waals surface area contributed by atoms with Crippen LogP contribution in [0.3, 0.4) is 0 Å². The summed E-state index contributed by atoms with van der Waals surface area (Å²) >= 11 is 0. The third-order valence-electron chi connectivity index (χ3n) is 1.66. The lowest BCUT2D eigenvalue weighted by atomic mass is 10.3. The number of hydrogen-bond donors (Lipinski definition) is 1. The SMILES string of the molecule is CS(=O)(=O)[C@H]1C[C@@]1(N)C#N. The summed E-state index contributed by atoms with van der Waals surface area (Å²) < 4.78 is 21.5. The largest absolute Gasteiger partial charge is 0.312 e. The van der Waals surface area contributed by atoms with Gasteiger partial charge < -0.3 is 5.73 Å². The van der Waals surface area contributed by atoms with Gasteiger partial charge in [0.2, 0.25) is 0 Å². The Balaban J connectivity index is 2.83. The van der Waals surface area contributed by atoms with Gasteiger partial charge in [0.15, 0.2) is 9.84 Å². The fourth-order valence-corrected chi connectivity index (χ4v) is 2.29. The van der Waals surface area contributed by atoms with Crippen LogP contribution in [0.4, 0.5) is 0 Å². The van der Waals surface area contributed by atoms with Crippen molar-refractivity contribution in [3.8, 4) is 6.07 Å². The summed E-state index contributed by atoms with van der Waals surface area (Å²) in [5, 5.41) is 7.73. The van der Waals surface area contributed by atoms with Crippen molar-refractivity contribution in [2.24, 2.45) is 5.73 Å². The Kier molecular flexibility index (Phi) is 1.28. The van der Waals surface area contributed by atoms with E-state index in [9.17, 15) is 8.42 Å². The van der Waals surface area contributed by atoms with Gasteiger partial charge in [0, 0.05) is 6.26 Å². The van der Waals surface area contributed by atoms with Crippen molar-refractivity contribution < 1.29 is 8.42 Å². The van der Waals surface area contributed by atoms with Crippen LogP contribution in [-0.4, -0.2) is 25.5 Å². The minimum absolute atomic E-state index is 0.280. The van der Waals surface area contributed by atoms with E-state index in [4.69, 9.17) is 11.0 Å². The van der Waals surface area contributed by atoms with E-state index in [-0.39, 0.29) is 6.42 Å². The molecule has 0 aliphatic heterocycles. The highest BCUT2D eigenvalue weighted by atomic mass is 32.2. The van der Waals surface area contributed by atoms with Crippen molar-refractivity contribution in [2.45, 2.75) is 17.2 Å². The molecule has 1 aliphatic rings. The molecule has 4 nitrogen and oxygen atoms in total. The Morgan fingerprint density at radius 3 is 2.40 bits per heavy atom. The smallest absolute Gasteiger partial charge is 0.153 e. The van der Waals surface area contributed by atoms with Crippen molar-refractivity contribution >= 4 is 9.84 Å². The molecule has 1 fully saturated rings. The van der Waals surface area contributed by atoms with Crippen LogP contribution in [0.25, 0.3) is 0 Å². The molecule has 0 heterocycles. The van der Waals surface area contributed by atoms with Gasteiger partial charge in [-0.3, -0.25) is 0 Å². The van der Waals surface area contributed by atoms with Gasteiger partial charge in [0.25, 0.3) is 0 Å². The predicted molar refractivity (Wildman–Crippen MR) is 35.8 cm³/mol. The molecule has 0 aromatic heterocycles. The lowest BCUT2D eigenvalue weighted by Gasteiger charge is -1.96. The molecular formula is C5H8N2O2S. The van der Waals surface area contributed by atoms with Crippen molar-refractivity contribution in [2.75, 3.05) is 6.26 Å². The standard InChI is InChI=1S/C5H8N2O2S/c1-10(8,9)4-2-5(4,7)3-6/h4H,2,7H2,1H3/t4-,5+/m0/s1. The first-order valence-electron chi connectivity index (χ1n) is 2.79. The second kappa shape index (κ2) is 1.71. The first-order valence-corrected chi connectivity index (χ1v) is 4.74. The van der Waals surface area contributed by atoms with Crippen molar-refractivity contribution in [3.05, 3.63) is 0 Å². The van der Waals surface area contributed by atoms with Gasteiger partial charge in [-0.15, -0.1) is 0 Å². The maximum Gasteiger partial charge on any atom is 0.153 e. The highest BCUT2D eigenvalue weighted by molar-refractivity contribution is 7.91. The highest BCUT2D eigenvalue weighted by Gasteiger charge is 2.58. The van der Waals surface area contributed by atoms with Gasteiger partial charge in [-0.05, 0) is 6.42 Å². The summed E-state index contributed by atoms with van der Waals surface area (Å²) in [4.78, 5) is 0. The third kappa shape index (κ3) is 1.00. The fraction of sp³-hybridized carbons (Fsp3) is 0.800. The molecule has 2 atom stereocenters. The summed E-state index contributed by atoms with van der Waals surface area (Å²) in [5.74, 6) is 0. The van der Waals surface area contributed by atoms with Crippen LogP contribution < -0.4 is 5.73 Å². The van der Waals surface area contributed by atoms with Crippen LogP contribution in [0.2, 0.25) is 0 Å². The molecule has 0 radical (unpaired) electrons. The van der Waals surface area contributed by atoms with E-state index in [0.29, 0.717) is 0 Å². The molecule has 0 aromatic carbocycles. The molecule has 0 aromatic rings. The van der Waals surface area contributed by atoms with E-state index in [1.807, 2.05) is 0 Å². The van der Waals surface area contributed by atoms with Crippen molar-refractivity contribution in [1.82, 2.24) is 0 Å². The van der Waals surface area contributed by atoms with Crippen LogP contribution in [0.15, 0.2) is 0 Å². The van der Waals surface area contributed by atoms with E-state index in [1.54, 1.807) is 6.07 Å². The summed E-state index contributed by atoms with van der Waals surface area (Å²) in [5.41, 5.74) is 4.25. The minimum Gasteiger partial charge on any atom is -0.312 e. The summed E-state index contributed by atoms with van der Waals surface area (Å²) in [6, 6.07) is 1.77. The monoisotopic (exact) mass is 160 g/mol. The number of rotatable bonds is 1. The van der Waals surface area contributed by atoms with E-state index in [0.717, 1.165) is 6.26 Å². The summed E-state index contributed by atoms with van der Waals surface area (Å²) in [7, 11) is -3.10. The van der Waals surface area contributed by atoms with Gasteiger partial charge in [-0.2, -0.15) is 5.26 Å². The Labute approximate surface area is 59.6 Å². The molecular weight excluding hydrogens is 152 g/mol. The Morgan fingerprint density at radius 2 is 2.30 bits per heavy atom. The van der Waals surface area contributed by atoms with E-state index in [2.05, 4.69) is 0 Å². The molecule has 1 rings (SSSR count). The lowest BCUT2D eigenvalue weighted by Crippen LogP contribution is -2.27. The molecule has 0 amide bonds. The minimum atomic E-state index is -3.10. The average molecular weight is 160 g/mol. The maximum atomic E-state index is 10.7. The van der Waals surface area contributed by atoms with Gasteiger partial charge in [-0.1, -0.05) is 0 Å². The first-order chi connectivity index (χ1) is 4.40. The number of sulfone groups is 1. The van der Waals surface area contributed by atoms with Crippen LogP contribution >= 0.6 is 0 Å². The van der Waals surface area contributed by atoms with Gasteiger partial charge in [-0.25, -0.2) is 8.42 Å². The average Bonchev–Trinajstić information content (AvgIpc) is 2.43. The number of nitriles is 1. The zero-order valence-corrected chi connectivity index (χ0v) is 6.35. The van der Waals surface area contributed by atoms with Gasteiger partial charge >= 0.3 is 0 Å². The molecule has 0 unspecified atom stereocenters. The molecule has 1 saturated carbocycles. The number of nitrogens with zero attached hydrogens (tertiary/aromatic N) is 1. The molecule has 2 N–H and O–H groups in total. The lowest BCUT2D eigenvalue weighted by molar-refractivity contribution is 0.598. The summed E-state index contributed by atoms with van der Waals surface area (Å²) in [6.45, 7) is 0. The Hall–Kier alpha value is -0.600. The molecule has 5 heteroatoms. The number of nitrogens with two attached hydrogens (primary N) is 1. The molecule has 0 saturated heterocycles. The number of hydrogen-bond acceptors (Lipinski definition) is 4. The van der Waals surface area contributed by atoms with Crippen molar-refractivity contribution in [1.29, 1.82) is 5.26 Å².